The summed E-state index contributed by atoms with van der Waals surface area (Å²) in [5.41, 5.74) is 6.19. The zero-order chi connectivity index (χ0) is 25.1. The van der Waals surface area contributed by atoms with Crippen molar-refractivity contribution in [2.24, 2.45) is 12.8 Å². The minimum Gasteiger partial charge on any atom is -0.465 e. The number of carbonyl (C=O) groups is 2. The first-order valence-electron chi connectivity index (χ1n) is 10.8. The van der Waals surface area contributed by atoms with Crippen LogP contribution in [0.1, 0.15) is 22.4 Å². The SMILES string of the molecule is COC(=O)C1=C(N)Oc2cc(C)n(C)c(=O)c2[C@]12C(=O)N(Cc1ccc(Cl)cc1)c1ccccc12. The number of anilines is 1. The number of esters is 1. The maximum absolute atomic E-state index is 14.5. The van der Waals surface area contributed by atoms with Crippen molar-refractivity contribution >= 4 is 29.2 Å². The average molecular weight is 492 g/mol. The van der Waals surface area contributed by atoms with E-state index in [2.05, 4.69) is 0 Å². The summed E-state index contributed by atoms with van der Waals surface area (Å²) >= 11 is 6.04. The summed E-state index contributed by atoms with van der Waals surface area (Å²) in [4.78, 5) is 42.9. The van der Waals surface area contributed by atoms with E-state index in [-0.39, 0.29) is 29.3 Å². The number of nitrogens with two attached hydrogens (primary N) is 1. The Labute approximate surface area is 206 Å². The average Bonchev–Trinajstić information content (AvgIpc) is 3.07. The molecule has 35 heavy (non-hydrogen) atoms. The summed E-state index contributed by atoms with van der Waals surface area (Å²) in [5.74, 6) is -1.50. The number of fused-ring (bicyclic) bond motifs is 4. The van der Waals surface area contributed by atoms with Crippen molar-refractivity contribution < 1.29 is 19.1 Å². The molecule has 1 atom stereocenters. The Hall–Kier alpha value is -4.04. The van der Waals surface area contributed by atoms with Crippen LogP contribution in [0, 0.1) is 6.92 Å². The number of methoxy groups -OCH3 is 1. The second kappa shape index (κ2) is 8.02. The summed E-state index contributed by atoms with van der Waals surface area (Å²) in [6.07, 6.45) is 0. The van der Waals surface area contributed by atoms with Crippen molar-refractivity contribution in [3.63, 3.8) is 0 Å². The molecule has 2 aromatic carbocycles. The highest BCUT2D eigenvalue weighted by atomic mass is 35.5. The van der Waals surface area contributed by atoms with E-state index in [1.807, 2.05) is 12.1 Å². The predicted molar refractivity (Wildman–Crippen MR) is 130 cm³/mol. The van der Waals surface area contributed by atoms with Crippen LogP contribution in [0.5, 0.6) is 5.75 Å². The molecule has 3 aromatic rings. The quantitative estimate of drug-likeness (QED) is 0.565. The number of carbonyl (C=O) groups excluding carboxylic acids is 2. The van der Waals surface area contributed by atoms with Crippen molar-refractivity contribution in [1.29, 1.82) is 0 Å². The van der Waals surface area contributed by atoms with Crippen molar-refractivity contribution in [2.75, 3.05) is 12.0 Å². The number of aryl methyl sites for hydroxylation is 1. The van der Waals surface area contributed by atoms with Crippen LogP contribution < -0.4 is 20.9 Å². The van der Waals surface area contributed by atoms with Crippen LogP contribution in [-0.4, -0.2) is 23.6 Å². The molecule has 2 N–H and O–H groups in total. The molecule has 0 saturated carbocycles. The van der Waals surface area contributed by atoms with E-state index in [0.29, 0.717) is 22.0 Å². The summed E-state index contributed by atoms with van der Waals surface area (Å²) in [6.45, 7) is 1.93. The van der Waals surface area contributed by atoms with Gasteiger partial charge in [-0.15, -0.1) is 0 Å². The number of pyridine rings is 1. The Kier molecular flexibility index (Phi) is 5.21. The topological polar surface area (TPSA) is 104 Å². The van der Waals surface area contributed by atoms with Gasteiger partial charge >= 0.3 is 5.97 Å². The van der Waals surface area contributed by atoms with Crippen molar-refractivity contribution in [2.45, 2.75) is 18.9 Å². The third-order valence-corrected chi connectivity index (χ3v) is 6.91. The molecule has 178 valence electrons. The number of hydrogen-bond acceptors (Lipinski definition) is 6. The third-order valence-electron chi connectivity index (χ3n) is 6.66. The minimum absolute atomic E-state index is 0.0243. The Balaban J connectivity index is 1.85. The van der Waals surface area contributed by atoms with Crippen LogP contribution in [0.3, 0.4) is 0 Å². The maximum atomic E-state index is 14.5. The molecule has 0 saturated heterocycles. The highest BCUT2D eigenvalue weighted by molar-refractivity contribution is 6.30. The lowest BCUT2D eigenvalue weighted by molar-refractivity contribution is -0.138. The fraction of sp³-hybridized carbons (Fsp3) is 0.192. The molecule has 9 heteroatoms. The molecule has 2 aliphatic heterocycles. The zero-order valence-corrected chi connectivity index (χ0v) is 20.1. The summed E-state index contributed by atoms with van der Waals surface area (Å²) in [5, 5.41) is 0.569. The Morgan fingerprint density at radius 1 is 1.14 bits per heavy atom. The Morgan fingerprint density at radius 3 is 2.51 bits per heavy atom. The van der Waals surface area contributed by atoms with Gasteiger partial charge in [-0.1, -0.05) is 41.9 Å². The number of halogens is 1. The molecule has 5 rings (SSSR count). The van der Waals surface area contributed by atoms with Crippen molar-refractivity contribution in [3.05, 3.63) is 104 Å². The smallest absolute Gasteiger partial charge is 0.340 e. The number of para-hydroxylation sites is 1. The number of hydrogen-bond donors (Lipinski definition) is 1. The van der Waals surface area contributed by atoms with Gasteiger partial charge in [-0.2, -0.15) is 0 Å². The van der Waals surface area contributed by atoms with Gasteiger partial charge in [0.25, 0.3) is 5.56 Å². The first-order chi connectivity index (χ1) is 16.7. The van der Waals surface area contributed by atoms with Crippen LogP contribution in [-0.2, 0) is 33.3 Å². The van der Waals surface area contributed by atoms with E-state index in [0.717, 1.165) is 5.56 Å². The maximum Gasteiger partial charge on any atom is 0.340 e. The van der Waals surface area contributed by atoms with Crippen LogP contribution in [0.25, 0.3) is 0 Å². The third kappa shape index (κ3) is 3.10. The molecule has 0 radical (unpaired) electrons. The van der Waals surface area contributed by atoms with Gasteiger partial charge in [0.15, 0.2) is 0 Å². The van der Waals surface area contributed by atoms with Crippen LogP contribution >= 0.6 is 11.6 Å². The van der Waals surface area contributed by atoms with Gasteiger partial charge in [-0.25, -0.2) is 4.79 Å². The molecular weight excluding hydrogens is 470 g/mol. The molecule has 1 aromatic heterocycles. The molecule has 0 bridgehead atoms. The lowest BCUT2D eigenvalue weighted by Gasteiger charge is -2.35. The number of amides is 1. The van der Waals surface area contributed by atoms with E-state index < -0.39 is 22.9 Å². The molecule has 0 aliphatic carbocycles. The fourth-order valence-corrected chi connectivity index (χ4v) is 5.04. The normalized spacial score (nSPS) is 18.4. The molecule has 0 fully saturated rings. The number of aromatic nitrogens is 1. The first kappa shape index (κ1) is 22.7. The monoisotopic (exact) mass is 491 g/mol. The fourth-order valence-electron chi connectivity index (χ4n) is 4.92. The van der Waals surface area contributed by atoms with E-state index in [4.69, 9.17) is 26.8 Å². The van der Waals surface area contributed by atoms with E-state index >= 15 is 0 Å². The van der Waals surface area contributed by atoms with Crippen LogP contribution in [0.15, 0.2) is 70.8 Å². The molecule has 3 heterocycles. The molecule has 8 nitrogen and oxygen atoms in total. The molecular formula is C26H22ClN3O5. The zero-order valence-electron chi connectivity index (χ0n) is 19.3. The lowest BCUT2D eigenvalue weighted by Crippen LogP contribution is -2.51. The van der Waals surface area contributed by atoms with Crippen LogP contribution in [0.4, 0.5) is 5.69 Å². The molecule has 1 spiro atoms. The van der Waals surface area contributed by atoms with Crippen molar-refractivity contribution in [3.8, 4) is 5.75 Å². The number of rotatable bonds is 3. The van der Waals surface area contributed by atoms with Gasteiger partial charge in [0.05, 0.1) is 19.2 Å². The van der Waals surface area contributed by atoms with E-state index in [9.17, 15) is 14.4 Å². The highest BCUT2D eigenvalue weighted by Crippen LogP contribution is 2.54. The number of ether oxygens (including phenoxy) is 2. The summed E-state index contributed by atoms with van der Waals surface area (Å²) in [6, 6.07) is 15.8. The van der Waals surface area contributed by atoms with Gasteiger partial charge in [0.2, 0.25) is 11.8 Å². The second-order valence-corrected chi connectivity index (χ2v) is 8.94. The van der Waals surface area contributed by atoms with Gasteiger partial charge < -0.3 is 24.7 Å². The lowest BCUT2D eigenvalue weighted by atomic mass is 9.68. The summed E-state index contributed by atoms with van der Waals surface area (Å²) in [7, 11) is 2.79. The number of benzene rings is 2. The van der Waals surface area contributed by atoms with Crippen molar-refractivity contribution in [1.82, 2.24) is 4.57 Å². The van der Waals surface area contributed by atoms with Gasteiger partial charge in [0.1, 0.15) is 16.7 Å². The van der Waals surface area contributed by atoms with E-state index in [1.165, 1.54) is 11.7 Å². The minimum atomic E-state index is -1.84. The predicted octanol–water partition coefficient (Wildman–Crippen LogP) is 2.92. The molecule has 1 amide bonds. The molecule has 2 aliphatic rings. The second-order valence-electron chi connectivity index (χ2n) is 8.51. The first-order valence-corrected chi connectivity index (χ1v) is 11.2. The van der Waals surface area contributed by atoms with Crippen LogP contribution in [0.2, 0.25) is 5.02 Å². The summed E-state index contributed by atoms with van der Waals surface area (Å²) < 4.78 is 12.2. The highest BCUT2D eigenvalue weighted by Gasteiger charge is 2.62. The van der Waals surface area contributed by atoms with Gasteiger partial charge in [-0.3, -0.25) is 9.59 Å². The number of nitrogens with zero attached hydrogens (tertiary/aromatic N) is 2. The van der Waals surface area contributed by atoms with Gasteiger partial charge in [0, 0.05) is 35.1 Å². The Bertz CT molecular complexity index is 1490. The standard InChI is InChI=1S/C26H22ClN3O5/c1-14-12-19-20(23(31)29(14)2)26(21(22(28)35-19)24(32)34-3)17-6-4-5-7-18(17)30(25(26)33)13-15-8-10-16(27)11-9-15/h4-12H,13,28H2,1-3H3/t26-/m0/s1. The largest absolute Gasteiger partial charge is 0.465 e. The van der Waals surface area contributed by atoms with Gasteiger partial charge in [-0.05, 0) is 30.7 Å². The van der Waals surface area contributed by atoms with E-state index in [1.54, 1.807) is 61.3 Å². The molecule has 0 unspecified atom stereocenters. The Morgan fingerprint density at radius 2 is 1.83 bits per heavy atom.